The van der Waals surface area contributed by atoms with Gasteiger partial charge in [-0.1, -0.05) is 30.7 Å². The lowest BCUT2D eigenvalue weighted by Gasteiger charge is -2.27. The Bertz CT molecular complexity index is 437. The van der Waals surface area contributed by atoms with Gasteiger partial charge in [-0.2, -0.15) is 0 Å². The van der Waals surface area contributed by atoms with Gasteiger partial charge in [0.05, 0.1) is 12.6 Å². The first-order valence-electron chi connectivity index (χ1n) is 6.27. The van der Waals surface area contributed by atoms with Crippen molar-refractivity contribution in [2.75, 3.05) is 13.1 Å². The molecule has 17 heavy (non-hydrogen) atoms. The fraction of sp³-hybridized carbons (Fsp3) is 0.500. The Morgan fingerprint density at radius 1 is 1.41 bits per heavy atom. The molecule has 1 atom stereocenters. The minimum atomic E-state index is 0.329. The summed E-state index contributed by atoms with van der Waals surface area (Å²) >= 11 is 0. The van der Waals surface area contributed by atoms with Crippen molar-refractivity contribution < 1.29 is 0 Å². The maximum Gasteiger partial charge on any atom is 0.191 e. The zero-order valence-electron chi connectivity index (χ0n) is 10.9. The Kier molecular flexibility index (Phi) is 3.36. The first-order chi connectivity index (χ1) is 8.13. The van der Waals surface area contributed by atoms with Gasteiger partial charge in [0.1, 0.15) is 0 Å². The third kappa shape index (κ3) is 2.28. The molecule has 0 saturated carbocycles. The summed E-state index contributed by atoms with van der Waals surface area (Å²) in [5, 5.41) is 0. The van der Waals surface area contributed by atoms with Gasteiger partial charge in [0, 0.05) is 6.54 Å². The zero-order chi connectivity index (χ0) is 12.4. The monoisotopic (exact) mass is 231 g/mol. The van der Waals surface area contributed by atoms with Crippen LogP contribution in [0.25, 0.3) is 0 Å². The van der Waals surface area contributed by atoms with Crippen molar-refractivity contribution in [2.45, 2.75) is 33.2 Å². The highest BCUT2D eigenvalue weighted by Crippen LogP contribution is 2.28. The lowest BCUT2D eigenvalue weighted by atomic mass is 9.98. The molecule has 1 aliphatic heterocycles. The molecule has 1 aromatic rings. The van der Waals surface area contributed by atoms with Gasteiger partial charge < -0.3 is 10.6 Å². The summed E-state index contributed by atoms with van der Waals surface area (Å²) < 4.78 is 0. The molecule has 1 aliphatic rings. The molecule has 0 amide bonds. The average molecular weight is 231 g/mol. The molecule has 0 spiro atoms. The number of benzene rings is 1. The fourth-order valence-electron chi connectivity index (χ4n) is 2.51. The molecular weight excluding hydrogens is 210 g/mol. The Labute approximate surface area is 103 Å². The van der Waals surface area contributed by atoms with E-state index in [4.69, 9.17) is 5.73 Å². The lowest BCUT2D eigenvalue weighted by molar-refractivity contribution is 0.346. The van der Waals surface area contributed by atoms with E-state index in [0.29, 0.717) is 12.0 Å². The van der Waals surface area contributed by atoms with E-state index in [1.807, 2.05) is 0 Å². The number of nitrogens with two attached hydrogens (primary N) is 1. The summed E-state index contributed by atoms with van der Waals surface area (Å²) in [6.07, 6.45) is 1.09. The molecule has 0 bridgehead atoms. The van der Waals surface area contributed by atoms with Gasteiger partial charge in [-0.15, -0.1) is 0 Å². The van der Waals surface area contributed by atoms with E-state index in [1.54, 1.807) is 0 Å². The van der Waals surface area contributed by atoms with Gasteiger partial charge >= 0.3 is 0 Å². The van der Waals surface area contributed by atoms with Crippen LogP contribution >= 0.6 is 0 Å². The van der Waals surface area contributed by atoms with Crippen LogP contribution in [0, 0.1) is 13.8 Å². The normalized spacial score (nSPS) is 19.6. The molecule has 0 radical (unpaired) electrons. The second-order valence-corrected chi connectivity index (χ2v) is 4.77. The van der Waals surface area contributed by atoms with Crippen molar-refractivity contribution in [2.24, 2.45) is 10.7 Å². The van der Waals surface area contributed by atoms with Crippen LogP contribution in [-0.4, -0.2) is 23.9 Å². The summed E-state index contributed by atoms with van der Waals surface area (Å²) in [6, 6.07) is 6.94. The van der Waals surface area contributed by atoms with Crippen LogP contribution in [0.4, 0.5) is 0 Å². The van der Waals surface area contributed by atoms with Crippen LogP contribution in [0.5, 0.6) is 0 Å². The molecule has 2 N–H and O–H groups in total. The summed E-state index contributed by atoms with van der Waals surface area (Å²) in [7, 11) is 0. The minimum absolute atomic E-state index is 0.329. The Balaban J connectivity index is 2.28. The molecule has 1 aromatic carbocycles. The lowest BCUT2D eigenvalue weighted by Crippen LogP contribution is -2.36. The third-order valence-electron chi connectivity index (χ3n) is 3.35. The van der Waals surface area contributed by atoms with Gasteiger partial charge in [0.15, 0.2) is 5.96 Å². The minimum Gasteiger partial charge on any atom is -0.370 e. The van der Waals surface area contributed by atoms with Crippen LogP contribution < -0.4 is 5.73 Å². The highest BCUT2D eigenvalue weighted by Gasteiger charge is 2.27. The third-order valence-corrected chi connectivity index (χ3v) is 3.35. The van der Waals surface area contributed by atoms with Crippen molar-refractivity contribution in [1.29, 1.82) is 0 Å². The number of guanidine groups is 1. The first-order valence-corrected chi connectivity index (χ1v) is 6.27. The number of aryl methyl sites for hydroxylation is 2. The predicted octanol–water partition coefficient (Wildman–Crippen LogP) is 2.38. The first kappa shape index (κ1) is 12.0. The van der Waals surface area contributed by atoms with E-state index in [2.05, 4.69) is 48.9 Å². The molecule has 2 rings (SSSR count). The van der Waals surface area contributed by atoms with Crippen molar-refractivity contribution in [1.82, 2.24) is 4.90 Å². The van der Waals surface area contributed by atoms with Gasteiger partial charge in [0.25, 0.3) is 0 Å². The van der Waals surface area contributed by atoms with Gasteiger partial charge in [-0.05, 0) is 31.4 Å². The molecule has 1 heterocycles. The topological polar surface area (TPSA) is 41.6 Å². The number of nitrogens with zero attached hydrogens (tertiary/aromatic N) is 2. The van der Waals surface area contributed by atoms with Crippen molar-refractivity contribution in [3.8, 4) is 0 Å². The van der Waals surface area contributed by atoms with Gasteiger partial charge in [-0.25, -0.2) is 0 Å². The molecule has 92 valence electrons. The second-order valence-electron chi connectivity index (χ2n) is 4.77. The highest BCUT2D eigenvalue weighted by atomic mass is 15.3. The van der Waals surface area contributed by atoms with Crippen LogP contribution in [0.15, 0.2) is 23.2 Å². The maximum atomic E-state index is 5.95. The summed E-state index contributed by atoms with van der Waals surface area (Å²) in [6.45, 7) is 8.23. The van der Waals surface area contributed by atoms with E-state index in [-0.39, 0.29) is 0 Å². The molecule has 0 aromatic heterocycles. The van der Waals surface area contributed by atoms with Crippen LogP contribution in [0.3, 0.4) is 0 Å². The van der Waals surface area contributed by atoms with Crippen LogP contribution in [0.1, 0.15) is 36.1 Å². The molecule has 3 nitrogen and oxygen atoms in total. The van der Waals surface area contributed by atoms with Gasteiger partial charge in [0.2, 0.25) is 0 Å². The predicted molar refractivity (Wildman–Crippen MR) is 72.1 cm³/mol. The van der Waals surface area contributed by atoms with Crippen molar-refractivity contribution in [3.63, 3.8) is 0 Å². The molecular formula is C14H21N3. The number of rotatable bonds is 3. The maximum absolute atomic E-state index is 5.95. The van der Waals surface area contributed by atoms with E-state index >= 15 is 0 Å². The summed E-state index contributed by atoms with van der Waals surface area (Å²) in [4.78, 5) is 6.60. The van der Waals surface area contributed by atoms with E-state index < -0.39 is 0 Å². The molecule has 0 saturated heterocycles. The van der Waals surface area contributed by atoms with E-state index in [1.165, 1.54) is 16.7 Å². The molecule has 0 aliphatic carbocycles. The Morgan fingerprint density at radius 3 is 2.82 bits per heavy atom. The number of hydrogen-bond donors (Lipinski definition) is 1. The standard InChI is InChI=1S/C14H21N3/c1-4-7-17-13(9-16-14(17)15)12-6-5-10(2)8-11(12)3/h5-6,8,13H,4,7,9H2,1-3H3,(H2,15,16). The highest BCUT2D eigenvalue weighted by molar-refractivity contribution is 5.80. The quantitative estimate of drug-likeness (QED) is 0.867. The summed E-state index contributed by atoms with van der Waals surface area (Å²) in [5.41, 5.74) is 9.94. The Hall–Kier alpha value is -1.51. The molecule has 0 fully saturated rings. The van der Waals surface area contributed by atoms with E-state index in [9.17, 15) is 0 Å². The number of hydrogen-bond acceptors (Lipinski definition) is 3. The SMILES string of the molecule is CCCN1C(N)=NCC1c1ccc(C)cc1C. The smallest absolute Gasteiger partial charge is 0.191 e. The van der Waals surface area contributed by atoms with Crippen molar-refractivity contribution >= 4 is 5.96 Å². The largest absolute Gasteiger partial charge is 0.370 e. The molecule has 1 unspecified atom stereocenters. The van der Waals surface area contributed by atoms with E-state index in [0.717, 1.165) is 19.5 Å². The number of aliphatic imine (C=N–C) groups is 1. The zero-order valence-corrected chi connectivity index (χ0v) is 10.9. The summed E-state index contributed by atoms with van der Waals surface area (Å²) in [5.74, 6) is 0.692. The average Bonchev–Trinajstić information content (AvgIpc) is 2.62. The fourth-order valence-corrected chi connectivity index (χ4v) is 2.51. The van der Waals surface area contributed by atoms with Crippen LogP contribution in [-0.2, 0) is 0 Å². The van der Waals surface area contributed by atoms with Gasteiger partial charge in [-0.3, -0.25) is 4.99 Å². The van der Waals surface area contributed by atoms with Crippen LogP contribution in [0.2, 0.25) is 0 Å². The van der Waals surface area contributed by atoms with Crippen molar-refractivity contribution in [3.05, 3.63) is 34.9 Å². The Morgan fingerprint density at radius 2 is 2.18 bits per heavy atom. The second kappa shape index (κ2) is 4.78. The molecule has 3 heteroatoms.